The Balaban J connectivity index is 1.76. The van der Waals surface area contributed by atoms with Crippen molar-refractivity contribution in [3.8, 4) is 0 Å². The number of ether oxygens (including phenoxy) is 1. The summed E-state index contributed by atoms with van der Waals surface area (Å²) in [4.78, 5) is 1.12. The number of nitrogens with one attached hydrogen (secondary N) is 1. The molecule has 0 bridgehead atoms. The Bertz CT molecular complexity index is 907. The van der Waals surface area contributed by atoms with Crippen LogP contribution in [0.3, 0.4) is 0 Å². The average molecular weight is 385 g/mol. The van der Waals surface area contributed by atoms with E-state index in [2.05, 4.69) is 48.0 Å². The van der Waals surface area contributed by atoms with E-state index in [-0.39, 0.29) is 5.82 Å². The largest absolute Gasteiger partial charge is 0.379 e. The molecule has 0 spiro atoms. The lowest BCUT2D eigenvalue weighted by Gasteiger charge is -2.21. The summed E-state index contributed by atoms with van der Waals surface area (Å²) in [6.07, 6.45) is 2.06. The highest BCUT2D eigenvalue weighted by atomic mass is 19.1. The Labute approximate surface area is 165 Å². The number of quaternary nitrogens is 1. The molecule has 0 fully saturated rings. The van der Waals surface area contributed by atoms with Gasteiger partial charge in [-0.3, -0.25) is 0 Å². The van der Waals surface area contributed by atoms with Crippen LogP contribution in [-0.4, -0.2) is 24.8 Å². The zero-order valence-electron chi connectivity index (χ0n) is 16.4. The van der Waals surface area contributed by atoms with Gasteiger partial charge in [0.05, 0.1) is 12.3 Å². The van der Waals surface area contributed by atoms with E-state index in [1.807, 2.05) is 6.07 Å². The summed E-state index contributed by atoms with van der Waals surface area (Å²) >= 11 is 0. The van der Waals surface area contributed by atoms with Crippen LogP contribution >= 0.6 is 0 Å². The summed E-state index contributed by atoms with van der Waals surface area (Å²) < 4.78 is 35.1. The molecule has 1 unspecified atom stereocenters. The number of aromatic nitrogens is 1. The molecule has 0 amide bonds. The predicted molar refractivity (Wildman–Crippen MR) is 106 cm³/mol. The minimum Gasteiger partial charge on any atom is -0.379 e. The molecule has 5 heteroatoms. The third kappa shape index (κ3) is 5.50. The van der Waals surface area contributed by atoms with Crippen LogP contribution in [-0.2, 0) is 24.4 Å². The summed E-state index contributed by atoms with van der Waals surface area (Å²) in [7, 11) is 1.65. The molecule has 1 aromatic heterocycles. The minimum atomic E-state index is -0.412. The highest BCUT2D eigenvalue weighted by Crippen LogP contribution is 2.11. The molecule has 1 heterocycles. The van der Waals surface area contributed by atoms with E-state index in [4.69, 9.17) is 4.74 Å². The topological polar surface area (TPSA) is 18.6 Å². The van der Waals surface area contributed by atoms with Crippen LogP contribution in [0, 0.1) is 18.6 Å². The normalized spacial score (nSPS) is 12.3. The third-order valence-corrected chi connectivity index (χ3v) is 4.90. The molecule has 0 saturated carbocycles. The van der Waals surface area contributed by atoms with Gasteiger partial charge in [0.15, 0.2) is 0 Å². The van der Waals surface area contributed by atoms with Crippen molar-refractivity contribution in [1.82, 2.24) is 4.57 Å². The lowest BCUT2D eigenvalue weighted by molar-refractivity contribution is -0.928. The SMILES string of the molecule is COCC[NH+](Cc1cc(F)ccc1F)Cc1cccn1Cc1cccc(C)c1. The van der Waals surface area contributed by atoms with Gasteiger partial charge in [0, 0.05) is 25.4 Å². The molecule has 2 aromatic carbocycles. The van der Waals surface area contributed by atoms with Crippen LogP contribution in [0.2, 0.25) is 0 Å². The fourth-order valence-corrected chi connectivity index (χ4v) is 3.46. The van der Waals surface area contributed by atoms with E-state index < -0.39 is 5.82 Å². The van der Waals surface area contributed by atoms with Gasteiger partial charge in [-0.1, -0.05) is 29.8 Å². The molecule has 148 valence electrons. The lowest BCUT2D eigenvalue weighted by atomic mass is 10.1. The number of hydrogen-bond donors (Lipinski definition) is 1. The number of methoxy groups -OCH3 is 1. The van der Waals surface area contributed by atoms with E-state index in [1.165, 1.54) is 23.3 Å². The van der Waals surface area contributed by atoms with Crippen LogP contribution in [0.4, 0.5) is 8.78 Å². The maximum atomic E-state index is 14.1. The van der Waals surface area contributed by atoms with Gasteiger partial charge in [0.25, 0.3) is 0 Å². The maximum Gasteiger partial charge on any atom is 0.132 e. The number of rotatable bonds is 9. The molecule has 1 atom stereocenters. The third-order valence-electron chi connectivity index (χ3n) is 4.90. The van der Waals surface area contributed by atoms with Crippen molar-refractivity contribution in [2.45, 2.75) is 26.6 Å². The van der Waals surface area contributed by atoms with Crippen molar-refractivity contribution in [2.75, 3.05) is 20.3 Å². The first kappa shape index (κ1) is 20.2. The van der Waals surface area contributed by atoms with Gasteiger partial charge in [-0.25, -0.2) is 8.78 Å². The van der Waals surface area contributed by atoms with Crippen molar-refractivity contribution in [2.24, 2.45) is 0 Å². The first-order valence-electron chi connectivity index (χ1n) is 9.51. The smallest absolute Gasteiger partial charge is 0.132 e. The second kappa shape index (κ2) is 9.62. The van der Waals surface area contributed by atoms with Gasteiger partial charge < -0.3 is 14.2 Å². The molecule has 0 saturated heterocycles. The van der Waals surface area contributed by atoms with Crippen molar-refractivity contribution in [1.29, 1.82) is 0 Å². The molecule has 0 radical (unpaired) electrons. The Hall–Kier alpha value is -2.50. The van der Waals surface area contributed by atoms with Gasteiger partial charge >= 0.3 is 0 Å². The predicted octanol–water partition coefficient (Wildman–Crippen LogP) is 3.35. The number of aryl methyl sites for hydroxylation is 1. The summed E-state index contributed by atoms with van der Waals surface area (Å²) in [5.74, 6) is -0.781. The average Bonchev–Trinajstić information content (AvgIpc) is 3.09. The molecule has 3 rings (SSSR count). The Morgan fingerprint density at radius 1 is 1.00 bits per heavy atom. The van der Waals surface area contributed by atoms with E-state index in [9.17, 15) is 8.78 Å². The molecule has 3 aromatic rings. The van der Waals surface area contributed by atoms with E-state index in [0.29, 0.717) is 31.8 Å². The van der Waals surface area contributed by atoms with E-state index in [0.717, 1.165) is 23.2 Å². The van der Waals surface area contributed by atoms with Gasteiger partial charge in [0.2, 0.25) is 0 Å². The van der Waals surface area contributed by atoms with E-state index in [1.54, 1.807) is 7.11 Å². The molecule has 28 heavy (non-hydrogen) atoms. The minimum absolute atomic E-state index is 0.369. The summed E-state index contributed by atoms with van der Waals surface area (Å²) in [6, 6.07) is 16.2. The molecule has 0 aliphatic rings. The monoisotopic (exact) mass is 385 g/mol. The van der Waals surface area contributed by atoms with Crippen LogP contribution in [0.15, 0.2) is 60.8 Å². The number of benzene rings is 2. The summed E-state index contributed by atoms with van der Waals surface area (Å²) in [5, 5.41) is 0. The number of nitrogens with zero attached hydrogens (tertiary/aromatic N) is 1. The zero-order valence-corrected chi connectivity index (χ0v) is 16.4. The van der Waals surface area contributed by atoms with Gasteiger partial charge in [-0.15, -0.1) is 0 Å². The molecule has 0 aliphatic heterocycles. The van der Waals surface area contributed by atoms with Crippen LogP contribution in [0.1, 0.15) is 22.4 Å². The van der Waals surface area contributed by atoms with Crippen LogP contribution in [0.25, 0.3) is 0 Å². The Morgan fingerprint density at radius 2 is 1.86 bits per heavy atom. The molecule has 1 N–H and O–H groups in total. The Kier molecular flexibility index (Phi) is 6.95. The second-order valence-corrected chi connectivity index (χ2v) is 7.20. The summed E-state index contributed by atoms with van der Waals surface area (Å²) in [5.41, 5.74) is 4.03. The van der Waals surface area contributed by atoms with Gasteiger partial charge in [-0.2, -0.15) is 0 Å². The quantitative estimate of drug-likeness (QED) is 0.598. The van der Waals surface area contributed by atoms with E-state index >= 15 is 0 Å². The number of hydrogen-bond acceptors (Lipinski definition) is 1. The highest BCUT2D eigenvalue weighted by molar-refractivity contribution is 5.23. The maximum absolute atomic E-state index is 14.1. The molecular weight excluding hydrogens is 358 g/mol. The standard InChI is InChI=1S/C23H26F2N2O/c1-18-5-3-6-19(13-18)15-27-10-4-7-22(27)17-26(11-12-28-2)16-20-14-21(24)8-9-23(20)25/h3-10,13-14H,11-12,15-17H2,1-2H3/p+1. The van der Waals surface area contributed by atoms with Crippen molar-refractivity contribution in [3.63, 3.8) is 0 Å². The fraction of sp³-hybridized carbons (Fsp3) is 0.304. The van der Waals surface area contributed by atoms with Crippen LogP contribution in [0.5, 0.6) is 0 Å². The summed E-state index contributed by atoms with van der Waals surface area (Å²) in [6.45, 7) is 5.26. The second-order valence-electron chi connectivity index (χ2n) is 7.20. The molecular formula is C23H27F2N2O+. The van der Waals surface area contributed by atoms with Crippen LogP contribution < -0.4 is 4.90 Å². The molecule has 3 nitrogen and oxygen atoms in total. The van der Waals surface area contributed by atoms with Crippen molar-refractivity contribution < 1.29 is 18.4 Å². The zero-order chi connectivity index (χ0) is 19.9. The van der Waals surface area contributed by atoms with Crippen molar-refractivity contribution in [3.05, 3.63) is 94.8 Å². The highest BCUT2D eigenvalue weighted by Gasteiger charge is 2.16. The Morgan fingerprint density at radius 3 is 2.64 bits per heavy atom. The first-order chi connectivity index (χ1) is 13.5. The number of halogens is 2. The first-order valence-corrected chi connectivity index (χ1v) is 9.51. The molecule has 0 aliphatic carbocycles. The van der Waals surface area contributed by atoms with Crippen molar-refractivity contribution >= 4 is 0 Å². The van der Waals surface area contributed by atoms with Gasteiger partial charge in [-0.05, 0) is 42.8 Å². The van der Waals surface area contributed by atoms with Gasteiger partial charge in [0.1, 0.15) is 31.3 Å². The fourth-order valence-electron chi connectivity index (χ4n) is 3.46. The lowest BCUT2D eigenvalue weighted by Crippen LogP contribution is -3.10.